The Morgan fingerprint density at radius 1 is 1.27 bits per heavy atom. The first-order valence-electron chi connectivity index (χ1n) is 6.75. The number of carbonyl (C=O) groups excluding carboxylic acids is 1. The molecule has 1 aromatic carbocycles. The highest BCUT2D eigenvalue weighted by atomic mass is 16.7. The number of amides is 1. The van der Waals surface area contributed by atoms with Crippen LogP contribution in [0.1, 0.15) is 31.1 Å². The molecule has 0 radical (unpaired) electrons. The number of nitrogens with one attached hydrogen (secondary N) is 2. The Bertz CT molecular complexity index is 542. The predicted octanol–water partition coefficient (Wildman–Crippen LogP) is 2.12. The number of ether oxygens (including phenoxy) is 2. The molecule has 22 heavy (non-hydrogen) atoms. The number of carbonyl (C=O) groups is 1. The van der Waals surface area contributed by atoms with Gasteiger partial charge in [-0.05, 0) is 24.6 Å². The van der Waals surface area contributed by atoms with E-state index in [9.17, 15) is 4.79 Å². The fraction of sp³-hybridized carbons (Fsp3) is 0.400. The summed E-state index contributed by atoms with van der Waals surface area (Å²) in [7, 11) is 2.92. The van der Waals surface area contributed by atoms with Crippen molar-refractivity contribution in [3.63, 3.8) is 0 Å². The molecule has 1 amide bonds. The van der Waals surface area contributed by atoms with E-state index >= 15 is 0 Å². The lowest BCUT2D eigenvalue weighted by Crippen LogP contribution is -2.32. The van der Waals surface area contributed by atoms with Gasteiger partial charge in [-0.25, -0.2) is 5.06 Å². The second kappa shape index (κ2) is 8.26. The minimum atomic E-state index is -0.774. The van der Waals surface area contributed by atoms with Crippen molar-refractivity contribution in [1.82, 2.24) is 5.06 Å². The van der Waals surface area contributed by atoms with Crippen LogP contribution in [0.25, 0.3) is 0 Å². The van der Waals surface area contributed by atoms with Gasteiger partial charge in [0.2, 0.25) is 5.90 Å². The molecule has 1 unspecified atom stereocenters. The summed E-state index contributed by atoms with van der Waals surface area (Å²) in [6, 6.07) is 6.67. The van der Waals surface area contributed by atoms with Gasteiger partial charge in [-0.15, -0.1) is 0 Å². The third-order valence-corrected chi connectivity index (χ3v) is 2.87. The van der Waals surface area contributed by atoms with Crippen molar-refractivity contribution in [2.24, 2.45) is 0 Å². The largest absolute Gasteiger partial charge is 0.426 e. The summed E-state index contributed by atoms with van der Waals surface area (Å²) >= 11 is 0. The lowest BCUT2D eigenvalue weighted by Gasteiger charge is -2.22. The zero-order valence-electron chi connectivity index (χ0n) is 13.2. The second-order valence-corrected chi connectivity index (χ2v) is 4.46. The molecule has 0 aliphatic rings. The predicted molar refractivity (Wildman–Crippen MR) is 81.9 cm³/mol. The van der Waals surface area contributed by atoms with Gasteiger partial charge in [0.1, 0.15) is 0 Å². The van der Waals surface area contributed by atoms with E-state index in [0.29, 0.717) is 17.7 Å². The van der Waals surface area contributed by atoms with Crippen LogP contribution in [0.4, 0.5) is 0 Å². The number of nitrogens with zero attached hydrogens (tertiary/aromatic N) is 1. The van der Waals surface area contributed by atoms with E-state index in [4.69, 9.17) is 25.1 Å². The summed E-state index contributed by atoms with van der Waals surface area (Å²) in [5.74, 6) is -0.496. The monoisotopic (exact) mass is 307 g/mol. The Morgan fingerprint density at radius 2 is 1.86 bits per heavy atom. The Hall–Kier alpha value is -2.25. The molecule has 1 rings (SSSR count). The molecule has 2 N–H and O–H groups in total. The van der Waals surface area contributed by atoms with Crippen LogP contribution in [0.3, 0.4) is 0 Å². The van der Waals surface area contributed by atoms with Crippen molar-refractivity contribution in [1.29, 1.82) is 10.8 Å². The van der Waals surface area contributed by atoms with Crippen LogP contribution >= 0.6 is 0 Å². The summed E-state index contributed by atoms with van der Waals surface area (Å²) in [4.78, 5) is 17.1. The van der Waals surface area contributed by atoms with Crippen molar-refractivity contribution in [3.05, 3.63) is 35.4 Å². The number of hydroxylamine groups is 2. The first-order chi connectivity index (χ1) is 10.4. The molecule has 0 aromatic heterocycles. The zero-order valence-corrected chi connectivity index (χ0v) is 13.2. The lowest BCUT2D eigenvalue weighted by molar-refractivity contribution is -0.181. The molecule has 0 saturated heterocycles. The fourth-order valence-electron chi connectivity index (χ4n) is 1.75. The van der Waals surface area contributed by atoms with Crippen LogP contribution < -0.4 is 0 Å². The normalized spacial score (nSPS) is 11.6. The molecule has 0 saturated carbocycles. The minimum absolute atomic E-state index is 0.0573. The van der Waals surface area contributed by atoms with Crippen LogP contribution in [-0.4, -0.2) is 43.5 Å². The van der Waals surface area contributed by atoms with Gasteiger partial charge < -0.3 is 9.47 Å². The van der Waals surface area contributed by atoms with Gasteiger partial charge in [0.25, 0.3) is 5.91 Å². The van der Waals surface area contributed by atoms with Crippen LogP contribution in [-0.2, 0) is 19.1 Å². The van der Waals surface area contributed by atoms with Crippen LogP contribution in [0.5, 0.6) is 0 Å². The molecular weight excluding hydrogens is 286 g/mol. The van der Waals surface area contributed by atoms with E-state index in [0.717, 1.165) is 5.06 Å². The molecule has 0 fully saturated rings. The lowest BCUT2D eigenvalue weighted by atomic mass is 10.1. The maximum atomic E-state index is 12.2. The summed E-state index contributed by atoms with van der Waals surface area (Å²) in [6.45, 7) is 3.63. The molecule has 0 bridgehead atoms. The first-order valence-corrected chi connectivity index (χ1v) is 6.75. The molecule has 0 aliphatic carbocycles. The summed E-state index contributed by atoms with van der Waals surface area (Å²) in [5, 5.41) is 16.0. The SMILES string of the molecule is CCOC(C(=O)N(C)OC)c1ccc(C(=N)OC(C)=N)cc1. The Kier molecular flexibility index (Phi) is 6.68. The summed E-state index contributed by atoms with van der Waals surface area (Å²) < 4.78 is 10.4. The number of hydrogen-bond acceptors (Lipinski definition) is 6. The number of hydrogen-bond donors (Lipinski definition) is 2. The number of rotatable bonds is 6. The Morgan fingerprint density at radius 3 is 2.32 bits per heavy atom. The van der Waals surface area contributed by atoms with Gasteiger partial charge in [0.05, 0.1) is 7.11 Å². The van der Waals surface area contributed by atoms with Crippen LogP contribution in [0.2, 0.25) is 0 Å². The molecule has 0 spiro atoms. The zero-order chi connectivity index (χ0) is 16.7. The molecule has 1 atom stereocenters. The van der Waals surface area contributed by atoms with Gasteiger partial charge in [0, 0.05) is 26.1 Å². The molecule has 120 valence electrons. The highest BCUT2D eigenvalue weighted by molar-refractivity contribution is 5.98. The van der Waals surface area contributed by atoms with Gasteiger partial charge in [-0.3, -0.25) is 20.5 Å². The Labute approximate surface area is 129 Å². The highest BCUT2D eigenvalue weighted by Crippen LogP contribution is 2.21. The minimum Gasteiger partial charge on any atom is -0.426 e. The molecule has 0 heterocycles. The highest BCUT2D eigenvalue weighted by Gasteiger charge is 2.24. The van der Waals surface area contributed by atoms with Crippen molar-refractivity contribution in [3.8, 4) is 0 Å². The van der Waals surface area contributed by atoms with Crippen molar-refractivity contribution in [2.75, 3.05) is 20.8 Å². The maximum Gasteiger partial charge on any atom is 0.279 e. The standard InChI is InChI=1S/C15H21N3O4/c1-5-21-13(15(19)18(3)20-4)11-6-8-12(9-7-11)14(17)22-10(2)16/h6-9,13,16-17H,5H2,1-4H3. The summed E-state index contributed by atoms with van der Waals surface area (Å²) in [5.41, 5.74) is 1.16. The van der Waals surface area contributed by atoms with E-state index < -0.39 is 6.10 Å². The smallest absolute Gasteiger partial charge is 0.279 e. The fourth-order valence-corrected chi connectivity index (χ4v) is 1.75. The van der Waals surface area contributed by atoms with Crippen molar-refractivity contribution >= 4 is 17.7 Å². The molecule has 0 aliphatic heterocycles. The molecular formula is C15H21N3O4. The summed E-state index contributed by atoms with van der Waals surface area (Å²) in [6.07, 6.45) is -0.774. The maximum absolute atomic E-state index is 12.2. The van der Waals surface area contributed by atoms with Crippen molar-refractivity contribution in [2.45, 2.75) is 20.0 Å². The van der Waals surface area contributed by atoms with E-state index in [1.807, 2.05) is 0 Å². The average Bonchev–Trinajstić information content (AvgIpc) is 2.50. The van der Waals surface area contributed by atoms with Crippen LogP contribution in [0, 0.1) is 10.8 Å². The topological polar surface area (TPSA) is 95.7 Å². The number of benzene rings is 1. The van der Waals surface area contributed by atoms with Gasteiger partial charge in [-0.2, -0.15) is 0 Å². The molecule has 7 heteroatoms. The van der Waals surface area contributed by atoms with Crippen LogP contribution in [0.15, 0.2) is 24.3 Å². The quantitative estimate of drug-likeness (QED) is 0.478. The third kappa shape index (κ3) is 4.64. The van der Waals surface area contributed by atoms with Gasteiger partial charge in [0.15, 0.2) is 12.0 Å². The van der Waals surface area contributed by atoms with E-state index in [-0.39, 0.29) is 17.7 Å². The first kappa shape index (κ1) is 17.8. The second-order valence-electron chi connectivity index (χ2n) is 4.46. The van der Waals surface area contributed by atoms with Gasteiger partial charge in [-0.1, -0.05) is 12.1 Å². The molecule has 1 aromatic rings. The van der Waals surface area contributed by atoms with Crippen molar-refractivity contribution < 1.29 is 19.1 Å². The van der Waals surface area contributed by atoms with E-state index in [1.165, 1.54) is 21.1 Å². The van der Waals surface area contributed by atoms with Gasteiger partial charge >= 0.3 is 0 Å². The number of likely N-dealkylation sites (N-methyl/N-ethyl adjacent to an activating group) is 1. The van der Waals surface area contributed by atoms with E-state index in [2.05, 4.69) is 0 Å². The third-order valence-electron chi connectivity index (χ3n) is 2.87. The Balaban J connectivity index is 2.96. The molecule has 7 nitrogen and oxygen atoms in total. The van der Waals surface area contributed by atoms with E-state index in [1.54, 1.807) is 31.2 Å². The average molecular weight is 307 g/mol.